The molecule has 1 amide bonds. The van der Waals surface area contributed by atoms with Gasteiger partial charge in [-0.05, 0) is 41.5 Å². The number of hydrogen-bond acceptors (Lipinski definition) is 7. The Bertz CT molecular complexity index is 1030. The van der Waals surface area contributed by atoms with Gasteiger partial charge < -0.3 is 5.32 Å². The maximum atomic E-state index is 13.2. The number of anilines is 1. The first-order chi connectivity index (χ1) is 14.9. The van der Waals surface area contributed by atoms with Crippen LogP contribution >= 0.6 is 11.8 Å². The van der Waals surface area contributed by atoms with Gasteiger partial charge in [0.25, 0.3) is 0 Å². The average molecular weight is 452 g/mol. The maximum Gasteiger partial charge on any atom is 0.416 e. The van der Waals surface area contributed by atoms with E-state index in [4.69, 9.17) is 0 Å². The minimum absolute atomic E-state index is 0.0159. The van der Waals surface area contributed by atoms with E-state index in [0.29, 0.717) is 5.16 Å². The molecule has 0 atom stereocenters. The van der Waals surface area contributed by atoms with Gasteiger partial charge in [-0.2, -0.15) is 18.3 Å². The van der Waals surface area contributed by atoms with Crippen molar-refractivity contribution in [3.8, 4) is 5.69 Å². The summed E-state index contributed by atoms with van der Waals surface area (Å²) >= 11 is 1.15. The van der Waals surface area contributed by atoms with Gasteiger partial charge in [0.1, 0.15) is 12.7 Å². The molecule has 1 N–H and O–H groups in total. The normalized spacial score (nSPS) is 15.2. The SMILES string of the molecule is O=C(CSc1nnnn1C1CCCCC1)Nc1cc(C(F)(F)F)ccc1-n1cncn1. The van der Waals surface area contributed by atoms with Crippen molar-refractivity contribution in [3.05, 3.63) is 36.4 Å². The van der Waals surface area contributed by atoms with E-state index in [1.807, 2.05) is 0 Å². The van der Waals surface area contributed by atoms with Gasteiger partial charge in [-0.1, -0.05) is 31.0 Å². The van der Waals surface area contributed by atoms with Gasteiger partial charge in [0.05, 0.1) is 28.7 Å². The zero-order valence-electron chi connectivity index (χ0n) is 16.3. The lowest BCUT2D eigenvalue weighted by molar-refractivity contribution is -0.137. The number of thioether (sulfide) groups is 1. The van der Waals surface area contributed by atoms with Gasteiger partial charge in [-0.15, -0.1) is 5.10 Å². The highest BCUT2D eigenvalue weighted by Crippen LogP contribution is 2.34. The molecular formula is C18H19F3N8OS. The van der Waals surface area contributed by atoms with Crippen molar-refractivity contribution in [1.82, 2.24) is 35.0 Å². The molecule has 2 heterocycles. The number of nitrogens with zero attached hydrogens (tertiary/aromatic N) is 7. The Morgan fingerprint density at radius 1 is 1.23 bits per heavy atom. The minimum atomic E-state index is -4.54. The summed E-state index contributed by atoms with van der Waals surface area (Å²) in [6, 6.07) is 3.26. The molecule has 31 heavy (non-hydrogen) atoms. The summed E-state index contributed by atoms with van der Waals surface area (Å²) in [4.78, 5) is 16.3. The van der Waals surface area contributed by atoms with E-state index in [1.165, 1.54) is 29.8 Å². The lowest BCUT2D eigenvalue weighted by Gasteiger charge is -2.21. The zero-order valence-corrected chi connectivity index (χ0v) is 17.1. The summed E-state index contributed by atoms with van der Waals surface area (Å²) in [7, 11) is 0. The van der Waals surface area contributed by atoms with Gasteiger partial charge in [0.15, 0.2) is 0 Å². The highest BCUT2D eigenvalue weighted by atomic mass is 32.2. The van der Waals surface area contributed by atoms with E-state index in [-0.39, 0.29) is 23.2 Å². The number of nitrogens with one attached hydrogen (secondary N) is 1. The summed E-state index contributed by atoms with van der Waals surface area (Å²) in [5.74, 6) is -0.538. The molecule has 13 heteroatoms. The second-order valence-electron chi connectivity index (χ2n) is 7.10. The van der Waals surface area contributed by atoms with Crippen molar-refractivity contribution in [2.24, 2.45) is 0 Å². The Morgan fingerprint density at radius 2 is 2.03 bits per heavy atom. The molecule has 1 aromatic carbocycles. The molecule has 1 aliphatic rings. The molecule has 0 aliphatic heterocycles. The quantitative estimate of drug-likeness (QED) is 0.571. The highest BCUT2D eigenvalue weighted by molar-refractivity contribution is 7.99. The van der Waals surface area contributed by atoms with Gasteiger partial charge in [-0.3, -0.25) is 4.79 Å². The zero-order chi connectivity index (χ0) is 21.8. The summed E-state index contributed by atoms with van der Waals surface area (Å²) in [5, 5.41) is 18.7. The van der Waals surface area contributed by atoms with Crippen molar-refractivity contribution in [3.63, 3.8) is 0 Å². The van der Waals surface area contributed by atoms with Crippen molar-refractivity contribution >= 4 is 23.4 Å². The standard InChI is InChI=1S/C18H19F3N8OS/c19-18(20,21)12-6-7-15(28-11-22-10-23-28)14(8-12)24-16(30)9-31-17-25-26-27-29(17)13-4-2-1-3-5-13/h6-8,10-11,13H,1-5,9H2,(H,24,30). The van der Waals surface area contributed by atoms with Crippen LogP contribution in [0.2, 0.25) is 0 Å². The monoisotopic (exact) mass is 452 g/mol. The molecule has 2 aromatic heterocycles. The number of hydrogen-bond donors (Lipinski definition) is 1. The van der Waals surface area contributed by atoms with Crippen LogP contribution in [0.4, 0.5) is 18.9 Å². The summed E-state index contributed by atoms with van der Waals surface area (Å²) in [6.45, 7) is 0. The van der Waals surface area contributed by atoms with Crippen LogP contribution in [0.25, 0.3) is 5.69 Å². The van der Waals surface area contributed by atoms with E-state index in [2.05, 4.69) is 30.9 Å². The molecule has 1 saturated carbocycles. The Balaban J connectivity index is 1.48. The summed E-state index contributed by atoms with van der Waals surface area (Å²) < 4.78 is 42.5. The third-order valence-corrected chi connectivity index (χ3v) is 5.91. The van der Waals surface area contributed by atoms with E-state index >= 15 is 0 Å². The van der Waals surface area contributed by atoms with E-state index in [9.17, 15) is 18.0 Å². The number of aromatic nitrogens is 7. The fourth-order valence-electron chi connectivity index (χ4n) is 3.50. The van der Waals surface area contributed by atoms with E-state index in [1.54, 1.807) is 4.68 Å². The Morgan fingerprint density at radius 3 is 2.74 bits per heavy atom. The summed E-state index contributed by atoms with van der Waals surface area (Å²) in [5.41, 5.74) is -0.616. The van der Waals surface area contributed by atoms with E-state index in [0.717, 1.165) is 49.6 Å². The van der Waals surface area contributed by atoms with Crippen molar-refractivity contribution < 1.29 is 18.0 Å². The maximum absolute atomic E-state index is 13.2. The van der Waals surface area contributed by atoms with Gasteiger partial charge >= 0.3 is 6.18 Å². The molecule has 4 rings (SSSR count). The van der Waals surface area contributed by atoms with Crippen molar-refractivity contribution in [2.75, 3.05) is 11.1 Å². The molecule has 0 radical (unpaired) electrons. The van der Waals surface area contributed by atoms with Crippen LogP contribution in [0.1, 0.15) is 43.7 Å². The number of tetrazole rings is 1. The number of carbonyl (C=O) groups is 1. The minimum Gasteiger partial charge on any atom is -0.323 e. The number of carbonyl (C=O) groups excluding carboxylic acids is 1. The van der Waals surface area contributed by atoms with Crippen LogP contribution in [0.3, 0.4) is 0 Å². The number of halogens is 3. The topological polar surface area (TPSA) is 103 Å². The van der Waals surface area contributed by atoms with Crippen LogP contribution in [0.5, 0.6) is 0 Å². The molecule has 0 saturated heterocycles. The highest BCUT2D eigenvalue weighted by Gasteiger charge is 2.31. The second kappa shape index (κ2) is 9.04. The van der Waals surface area contributed by atoms with Crippen LogP contribution in [0, 0.1) is 0 Å². The first-order valence-electron chi connectivity index (χ1n) is 9.68. The van der Waals surface area contributed by atoms with E-state index < -0.39 is 17.6 Å². The molecule has 0 spiro atoms. The Kier molecular flexibility index (Phi) is 6.20. The third kappa shape index (κ3) is 5.03. The molecule has 9 nitrogen and oxygen atoms in total. The van der Waals surface area contributed by atoms with Crippen LogP contribution in [-0.4, -0.2) is 46.6 Å². The lowest BCUT2D eigenvalue weighted by atomic mass is 9.96. The van der Waals surface area contributed by atoms with Crippen LogP contribution in [-0.2, 0) is 11.0 Å². The third-order valence-electron chi connectivity index (χ3n) is 4.98. The fourth-order valence-corrected chi connectivity index (χ4v) is 4.24. The fraction of sp³-hybridized carbons (Fsp3) is 0.444. The molecule has 0 bridgehead atoms. The molecular weight excluding hydrogens is 433 g/mol. The Labute approximate surface area is 179 Å². The predicted octanol–water partition coefficient (Wildman–Crippen LogP) is 3.51. The van der Waals surface area contributed by atoms with Crippen molar-refractivity contribution in [1.29, 1.82) is 0 Å². The number of alkyl halides is 3. The smallest absolute Gasteiger partial charge is 0.323 e. The summed E-state index contributed by atoms with van der Waals surface area (Å²) in [6.07, 6.45) is 3.42. The number of amides is 1. The van der Waals surface area contributed by atoms with Gasteiger partial charge in [0.2, 0.25) is 11.1 Å². The molecule has 164 valence electrons. The predicted molar refractivity (Wildman–Crippen MR) is 106 cm³/mol. The number of rotatable bonds is 6. The average Bonchev–Trinajstić information content (AvgIpc) is 3.44. The van der Waals surface area contributed by atoms with Crippen LogP contribution < -0.4 is 5.32 Å². The van der Waals surface area contributed by atoms with Gasteiger partial charge in [-0.25, -0.2) is 14.3 Å². The second-order valence-corrected chi connectivity index (χ2v) is 8.05. The molecule has 0 unspecified atom stereocenters. The first kappa shape index (κ1) is 21.3. The first-order valence-corrected chi connectivity index (χ1v) is 10.7. The van der Waals surface area contributed by atoms with Crippen molar-refractivity contribution in [2.45, 2.75) is 49.5 Å². The Hall–Kier alpha value is -2.96. The van der Waals surface area contributed by atoms with Crippen LogP contribution in [0.15, 0.2) is 36.0 Å². The molecule has 1 fully saturated rings. The lowest BCUT2D eigenvalue weighted by Crippen LogP contribution is -2.19. The number of benzene rings is 1. The largest absolute Gasteiger partial charge is 0.416 e. The molecule has 3 aromatic rings. The van der Waals surface area contributed by atoms with Gasteiger partial charge in [0, 0.05) is 0 Å². The molecule has 1 aliphatic carbocycles.